The third-order valence-corrected chi connectivity index (χ3v) is 12.0. The van der Waals surface area contributed by atoms with Gasteiger partial charge >= 0.3 is 0 Å². The fourth-order valence-corrected chi connectivity index (χ4v) is 9.40. The number of aromatic nitrogens is 2. The Hall–Kier alpha value is -6.94. The molecule has 0 bridgehead atoms. The molecule has 2 heterocycles. The summed E-state index contributed by atoms with van der Waals surface area (Å²) in [5, 5.41) is 10.1. The summed E-state index contributed by atoms with van der Waals surface area (Å²) in [4.78, 5) is 10.3. The van der Waals surface area contributed by atoms with Crippen LogP contribution in [0.2, 0.25) is 0 Å². The molecule has 11 aromatic rings. The highest BCUT2D eigenvalue weighted by atomic mass is 32.1. The van der Waals surface area contributed by atoms with E-state index in [-0.39, 0.29) is 0 Å². The Labute approximate surface area is 322 Å². The molecule has 256 valence electrons. The van der Waals surface area contributed by atoms with Crippen LogP contribution in [0.5, 0.6) is 0 Å². The number of fused-ring (bicyclic) bond motifs is 7. The molecule has 3 heteroatoms. The van der Waals surface area contributed by atoms with E-state index in [1.54, 1.807) is 0 Å². The topological polar surface area (TPSA) is 25.8 Å². The molecule has 0 aliphatic rings. The zero-order valence-electron chi connectivity index (χ0n) is 29.8. The number of benzene rings is 9. The lowest BCUT2D eigenvalue weighted by Crippen LogP contribution is -1.96. The Morgan fingerprint density at radius 2 is 0.855 bits per heavy atom. The van der Waals surface area contributed by atoms with E-state index >= 15 is 0 Å². The van der Waals surface area contributed by atoms with Crippen LogP contribution >= 0.6 is 11.3 Å². The highest BCUT2D eigenvalue weighted by molar-refractivity contribution is 7.25. The number of rotatable bonds is 5. The summed E-state index contributed by atoms with van der Waals surface area (Å²) in [7, 11) is 0. The minimum absolute atomic E-state index is 0.716. The molecule has 0 spiro atoms. The zero-order chi connectivity index (χ0) is 36.3. The molecule has 0 saturated carbocycles. The van der Waals surface area contributed by atoms with Crippen LogP contribution in [-0.2, 0) is 0 Å². The lowest BCUT2D eigenvalue weighted by Gasteiger charge is -2.19. The maximum Gasteiger partial charge on any atom is 0.160 e. The summed E-state index contributed by atoms with van der Waals surface area (Å²) in [6, 6.07) is 69.8. The van der Waals surface area contributed by atoms with Crippen molar-refractivity contribution in [3.8, 4) is 56.2 Å². The van der Waals surface area contributed by atoms with Gasteiger partial charge in [-0.1, -0.05) is 170 Å². The Kier molecular flexibility index (Phi) is 7.39. The van der Waals surface area contributed by atoms with E-state index in [1.807, 2.05) is 29.5 Å². The predicted octanol–water partition coefficient (Wildman–Crippen LogP) is 14.6. The van der Waals surface area contributed by atoms with Crippen LogP contribution in [0.4, 0.5) is 0 Å². The number of hydrogen-bond donors (Lipinski definition) is 0. The predicted molar refractivity (Wildman–Crippen MR) is 235 cm³/mol. The van der Waals surface area contributed by atoms with Gasteiger partial charge in [-0.15, -0.1) is 11.3 Å². The molecule has 55 heavy (non-hydrogen) atoms. The van der Waals surface area contributed by atoms with E-state index in [1.165, 1.54) is 74.7 Å². The van der Waals surface area contributed by atoms with Crippen molar-refractivity contribution in [3.05, 3.63) is 194 Å². The molecule has 0 fully saturated rings. The number of nitrogens with zero attached hydrogens (tertiary/aromatic N) is 2. The smallest absolute Gasteiger partial charge is 0.160 e. The maximum absolute atomic E-state index is 5.17. The van der Waals surface area contributed by atoms with Crippen LogP contribution in [0.25, 0.3) is 109 Å². The van der Waals surface area contributed by atoms with Gasteiger partial charge in [0.2, 0.25) is 0 Å². The Morgan fingerprint density at radius 3 is 1.62 bits per heavy atom. The van der Waals surface area contributed by atoms with E-state index < -0.39 is 0 Å². The van der Waals surface area contributed by atoms with Crippen LogP contribution in [0.15, 0.2) is 194 Å². The summed E-state index contributed by atoms with van der Waals surface area (Å²) < 4.78 is 2.58. The molecule has 0 unspecified atom stereocenters. The van der Waals surface area contributed by atoms with Gasteiger partial charge in [0.15, 0.2) is 5.82 Å². The van der Waals surface area contributed by atoms with Crippen molar-refractivity contribution in [1.82, 2.24) is 9.97 Å². The van der Waals surface area contributed by atoms with Crippen molar-refractivity contribution >= 4 is 63.8 Å². The molecule has 0 saturated heterocycles. The van der Waals surface area contributed by atoms with Gasteiger partial charge in [-0.05, 0) is 78.8 Å². The molecule has 0 N–H and O–H groups in total. The van der Waals surface area contributed by atoms with Crippen LogP contribution in [0.1, 0.15) is 0 Å². The Morgan fingerprint density at radius 1 is 0.309 bits per heavy atom. The van der Waals surface area contributed by atoms with Crippen molar-refractivity contribution in [2.45, 2.75) is 0 Å². The second kappa shape index (κ2) is 12.9. The molecule has 0 aliphatic heterocycles. The maximum atomic E-state index is 5.17. The summed E-state index contributed by atoms with van der Waals surface area (Å²) in [6.07, 6.45) is 0. The van der Waals surface area contributed by atoms with Crippen molar-refractivity contribution < 1.29 is 0 Å². The second-order valence-electron chi connectivity index (χ2n) is 14.1. The van der Waals surface area contributed by atoms with Gasteiger partial charge in [0, 0.05) is 36.9 Å². The largest absolute Gasteiger partial charge is 0.228 e. The molecular weight excluding hydrogens is 685 g/mol. The SMILES string of the molecule is c1ccc(-c2nc(-c3ccc(-c4c5ccccc5c(-c5ccccc5)c5c4ccc4ccccc45)cc3)cc(-c3ccc4sc5ccccc5c4c3)n2)cc1. The van der Waals surface area contributed by atoms with E-state index in [4.69, 9.17) is 9.97 Å². The number of hydrogen-bond acceptors (Lipinski definition) is 3. The summed E-state index contributed by atoms with van der Waals surface area (Å²) in [5.41, 5.74) is 9.84. The quantitative estimate of drug-likeness (QED) is 0.131. The second-order valence-corrected chi connectivity index (χ2v) is 15.2. The normalized spacial score (nSPS) is 11.6. The lowest BCUT2D eigenvalue weighted by atomic mass is 9.84. The fraction of sp³-hybridized carbons (Fsp3) is 0. The molecule has 9 aromatic carbocycles. The third kappa shape index (κ3) is 5.32. The molecule has 0 amide bonds. The molecular formula is C52H32N2S. The Balaban J connectivity index is 1.10. The van der Waals surface area contributed by atoms with Crippen LogP contribution < -0.4 is 0 Å². The van der Waals surface area contributed by atoms with Crippen LogP contribution in [0.3, 0.4) is 0 Å². The lowest BCUT2D eigenvalue weighted by molar-refractivity contribution is 1.18. The monoisotopic (exact) mass is 716 g/mol. The molecule has 0 atom stereocenters. The zero-order valence-corrected chi connectivity index (χ0v) is 30.6. The van der Waals surface area contributed by atoms with Gasteiger partial charge in [0.05, 0.1) is 11.4 Å². The van der Waals surface area contributed by atoms with Crippen molar-refractivity contribution in [2.75, 3.05) is 0 Å². The molecule has 0 aliphatic carbocycles. The van der Waals surface area contributed by atoms with Crippen molar-refractivity contribution in [3.63, 3.8) is 0 Å². The van der Waals surface area contributed by atoms with E-state index in [9.17, 15) is 0 Å². The first kappa shape index (κ1) is 31.6. The first-order valence-corrected chi connectivity index (χ1v) is 19.5. The fourth-order valence-electron chi connectivity index (χ4n) is 8.32. The Bertz CT molecular complexity index is 3240. The van der Waals surface area contributed by atoms with Gasteiger partial charge in [0.25, 0.3) is 0 Å². The van der Waals surface area contributed by atoms with Gasteiger partial charge in [0.1, 0.15) is 0 Å². The van der Waals surface area contributed by atoms with E-state index in [0.29, 0.717) is 5.82 Å². The minimum Gasteiger partial charge on any atom is -0.228 e. The standard InChI is InChI=1S/C52H32N2S/c1-3-14-35(15-4-1)50-42-21-10-9-20-41(42)49(43-29-27-33-13-7-8-18-39(33)51(43)50)36-25-23-34(24-26-36)45-32-46(54-52(53-45)37-16-5-2-6-17-37)38-28-30-48-44(31-38)40-19-11-12-22-47(40)55-48/h1-32H. The van der Waals surface area contributed by atoms with Gasteiger partial charge in [-0.25, -0.2) is 9.97 Å². The summed E-state index contributed by atoms with van der Waals surface area (Å²) in [5.74, 6) is 0.716. The molecule has 2 nitrogen and oxygen atoms in total. The highest BCUT2D eigenvalue weighted by Gasteiger charge is 2.19. The molecule has 11 rings (SSSR count). The van der Waals surface area contributed by atoms with Gasteiger partial charge in [-0.3, -0.25) is 0 Å². The first-order valence-electron chi connectivity index (χ1n) is 18.7. The average molecular weight is 717 g/mol. The minimum atomic E-state index is 0.716. The summed E-state index contributed by atoms with van der Waals surface area (Å²) in [6.45, 7) is 0. The molecule has 0 radical (unpaired) electrons. The molecule has 2 aromatic heterocycles. The highest BCUT2D eigenvalue weighted by Crippen LogP contribution is 2.46. The van der Waals surface area contributed by atoms with E-state index in [0.717, 1.165) is 28.1 Å². The van der Waals surface area contributed by atoms with Gasteiger partial charge < -0.3 is 0 Å². The van der Waals surface area contributed by atoms with Crippen LogP contribution in [0, 0.1) is 0 Å². The van der Waals surface area contributed by atoms with E-state index in [2.05, 4.69) is 176 Å². The first-order chi connectivity index (χ1) is 27.3. The summed E-state index contributed by atoms with van der Waals surface area (Å²) >= 11 is 1.83. The number of thiophene rings is 1. The van der Waals surface area contributed by atoms with Crippen molar-refractivity contribution in [1.29, 1.82) is 0 Å². The third-order valence-electron chi connectivity index (χ3n) is 10.9. The average Bonchev–Trinajstić information content (AvgIpc) is 3.64. The van der Waals surface area contributed by atoms with Gasteiger partial charge in [-0.2, -0.15) is 0 Å². The van der Waals surface area contributed by atoms with Crippen LogP contribution in [-0.4, -0.2) is 9.97 Å². The van der Waals surface area contributed by atoms with Crippen molar-refractivity contribution in [2.24, 2.45) is 0 Å².